The van der Waals surface area contributed by atoms with E-state index in [-0.39, 0.29) is 24.4 Å². The molecule has 0 radical (unpaired) electrons. The number of amides is 1. The smallest absolute Gasteiger partial charge is 0.224 e. The molecular weight excluding hydrogens is 228 g/mol. The molecule has 2 N–H and O–H groups in total. The number of halogens is 1. The van der Waals surface area contributed by atoms with Crippen LogP contribution in [0.5, 0.6) is 0 Å². The van der Waals surface area contributed by atoms with E-state index in [9.17, 15) is 4.79 Å². The Kier molecular flexibility index (Phi) is 11.1. The summed E-state index contributed by atoms with van der Waals surface area (Å²) in [6.45, 7) is 5.40. The van der Waals surface area contributed by atoms with Crippen molar-refractivity contribution in [3.63, 3.8) is 0 Å². The number of hydrogen-bond donors (Lipinski definition) is 1. The highest BCUT2D eigenvalue weighted by Crippen LogP contribution is 2.04. The van der Waals surface area contributed by atoms with Crippen molar-refractivity contribution in [3.8, 4) is 0 Å². The average molecular weight is 253 g/mol. The van der Waals surface area contributed by atoms with Gasteiger partial charge < -0.3 is 15.4 Å². The lowest BCUT2D eigenvalue weighted by Gasteiger charge is -2.21. The van der Waals surface area contributed by atoms with Crippen LogP contribution in [-0.4, -0.2) is 44.2 Å². The maximum absolute atomic E-state index is 11.5. The fourth-order valence-corrected chi connectivity index (χ4v) is 1.18. The van der Waals surface area contributed by atoms with Crippen molar-refractivity contribution in [2.75, 3.05) is 27.3 Å². The number of carbonyl (C=O) groups is 1. The molecule has 0 heterocycles. The molecule has 0 saturated carbocycles. The predicted octanol–water partition coefficient (Wildman–Crippen LogP) is 1.28. The minimum atomic E-state index is 0. The first-order chi connectivity index (χ1) is 6.99. The average Bonchev–Trinajstić information content (AvgIpc) is 2.21. The lowest BCUT2D eigenvalue weighted by atomic mass is 10.0. The van der Waals surface area contributed by atoms with Crippen LogP contribution < -0.4 is 5.73 Å². The summed E-state index contributed by atoms with van der Waals surface area (Å²) in [5, 5.41) is 0. The standard InChI is InChI=1S/C11H24N2O2.ClH/c1-9(2)10(12)5-7-13(3)11(14)6-8-15-4;/h9-10H,5-8,12H2,1-4H3;1H. The zero-order chi connectivity index (χ0) is 11.8. The molecule has 0 saturated heterocycles. The lowest BCUT2D eigenvalue weighted by Crippen LogP contribution is -2.34. The molecule has 1 atom stereocenters. The second-order valence-corrected chi connectivity index (χ2v) is 4.25. The lowest BCUT2D eigenvalue weighted by molar-refractivity contribution is -0.130. The zero-order valence-corrected chi connectivity index (χ0v) is 11.5. The first-order valence-electron chi connectivity index (χ1n) is 5.47. The Labute approximate surface area is 105 Å². The van der Waals surface area contributed by atoms with Crippen LogP contribution in [0.1, 0.15) is 26.7 Å². The Morgan fingerprint density at radius 2 is 2.00 bits per heavy atom. The molecule has 16 heavy (non-hydrogen) atoms. The van der Waals surface area contributed by atoms with Gasteiger partial charge in [-0.15, -0.1) is 12.4 Å². The van der Waals surface area contributed by atoms with Crippen LogP contribution in [0, 0.1) is 5.92 Å². The van der Waals surface area contributed by atoms with Crippen molar-refractivity contribution in [3.05, 3.63) is 0 Å². The van der Waals surface area contributed by atoms with Crippen molar-refractivity contribution >= 4 is 18.3 Å². The van der Waals surface area contributed by atoms with Crippen LogP contribution in [0.4, 0.5) is 0 Å². The fraction of sp³-hybridized carbons (Fsp3) is 0.909. The molecule has 1 unspecified atom stereocenters. The molecule has 0 aromatic carbocycles. The normalized spacial score (nSPS) is 12.1. The van der Waals surface area contributed by atoms with Crippen LogP contribution in [0.3, 0.4) is 0 Å². The Hall–Kier alpha value is -0.320. The Morgan fingerprint density at radius 3 is 2.44 bits per heavy atom. The van der Waals surface area contributed by atoms with E-state index in [2.05, 4.69) is 13.8 Å². The van der Waals surface area contributed by atoms with E-state index < -0.39 is 0 Å². The van der Waals surface area contributed by atoms with Crippen molar-refractivity contribution in [2.45, 2.75) is 32.7 Å². The molecule has 0 rings (SSSR count). The highest BCUT2D eigenvalue weighted by molar-refractivity contribution is 5.85. The summed E-state index contributed by atoms with van der Waals surface area (Å²) in [5.41, 5.74) is 5.90. The van der Waals surface area contributed by atoms with Crippen LogP contribution in [0.25, 0.3) is 0 Å². The minimum absolute atomic E-state index is 0. The third-order valence-corrected chi connectivity index (χ3v) is 2.60. The van der Waals surface area contributed by atoms with Gasteiger partial charge in [-0.2, -0.15) is 0 Å². The van der Waals surface area contributed by atoms with Crippen molar-refractivity contribution in [1.29, 1.82) is 0 Å². The van der Waals surface area contributed by atoms with Crippen LogP contribution in [0.2, 0.25) is 0 Å². The Balaban J connectivity index is 0. The number of nitrogens with zero attached hydrogens (tertiary/aromatic N) is 1. The molecular formula is C11H25ClN2O2. The number of rotatable bonds is 7. The molecule has 0 bridgehead atoms. The molecule has 0 fully saturated rings. The third kappa shape index (κ3) is 7.91. The van der Waals surface area contributed by atoms with Crippen LogP contribution in [0.15, 0.2) is 0 Å². The molecule has 5 heteroatoms. The van der Waals surface area contributed by atoms with E-state index in [0.29, 0.717) is 18.9 Å². The molecule has 4 nitrogen and oxygen atoms in total. The van der Waals surface area contributed by atoms with E-state index in [1.165, 1.54) is 0 Å². The predicted molar refractivity (Wildman–Crippen MR) is 68.8 cm³/mol. The summed E-state index contributed by atoms with van der Waals surface area (Å²) in [6, 6.07) is 0.169. The molecule has 0 aliphatic rings. The maximum atomic E-state index is 11.5. The zero-order valence-electron chi connectivity index (χ0n) is 10.7. The second kappa shape index (κ2) is 9.87. The van der Waals surface area contributed by atoms with Crippen molar-refractivity contribution in [1.82, 2.24) is 4.90 Å². The van der Waals surface area contributed by atoms with Gasteiger partial charge in [-0.25, -0.2) is 0 Å². The highest BCUT2D eigenvalue weighted by Gasteiger charge is 2.12. The molecule has 0 aliphatic heterocycles. The van der Waals surface area contributed by atoms with E-state index in [1.807, 2.05) is 7.05 Å². The monoisotopic (exact) mass is 252 g/mol. The van der Waals surface area contributed by atoms with Gasteiger partial charge in [0.2, 0.25) is 5.91 Å². The van der Waals surface area contributed by atoms with Gasteiger partial charge >= 0.3 is 0 Å². The second-order valence-electron chi connectivity index (χ2n) is 4.25. The largest absolute Gasteiger partial charge is 0.384 e. The summed E-state index contributed by atoms with van der Waals surface area (Å²) in [7, 11) is 3.41. The summed E-state index contributed by atoms with van der Waals surface area (Å²) < 4.78 is 4.85. The number of nitrogens with two attached hydrogens (primary N) is 1. The highest BCUT2D eigenvalue weighted by atomic mass is 35.5. The molecule has 0 aromatic heterocycles. The number of ether oxygens (including phenoxy) is 1. The molecule has 1 amide bonds. The first-order valence-corrected chi connectivity index (χ1v) is 5.47. The van der Waals surface area contributed by atoms with Gasteiger partial charge in [-0.3, -0.25) is 4.79 Å². The molecule has 0 aliphatic carbocycles. The quantitative estimate of drug-likeness (QED) is 0.743. The molecule has 98 valence electrons. The number of hydrogen-bond acceptors (Lipinski definition) is 3. The van der Waals surface area contributed by atoms with Gasteiger partial charge in [0.25, 0.3) is 0 Å². The number of carbonyl (C=O) groups excluding carboxylic acids is 1. The summed E-state index contributed by atoms with van der Waals surface area (Å²) in [4.78, 5) is 13.2. The Morgan fingerprint density at radius 1 is 1.44 bits per heavy atom. The topological polar surface area (TPSA) is 55.6 Å². The Bertz CT molecular complexity index is 189. The minimum Gasteiger partial charge on any atom is -0.384 e. The van der Waals surface area contributed by atoms with Gasteiger partial charge in [0, 0.05) is 26.7 Å². The van der Waals surface area contributed by atoms with Crippen LogP contribution >= 0.6 is 12.4 Å². The third-order valence-electron chi connectivity index (χ3n) is 2.60. The summed E-state index contributed by atoms with van der Waals surface area (Å²) >= 11 is 0. The molecule has 0 spiro atoms. The van der Waals surface area contributed by atoms with Gasteiger partial charge in [-0.05, 0) is 12.3 Å². The SMILES string of the molecule is COCCC(=O)N(C)CCC(N)C(C)C.Cl. The maximum Gasteiger partial charge on any atom is 0.224 e. The molecule has 0 aromatic rings. The van der Waals surface area contributed by atoms with E-state index >= 15 is 0 Å². The van der Waals surface area contributed by atoms with Crippen molar-refractivity contribution in [2.24, 2.45) is 11.7 Å². The summed E-state index contributed by atoms with van der Waals surface area (Å²) in [6.07, 6.45) is 1.30. The van der Waals surface area contributed by atoms with Crippen LogP contribution in [-0.2, 0) is 9.53 Å². The van der Waals surface area contributed by atoms with Gasteiger partial charge in [0.15, 0.2) is 0 Å². The van der Waals surface area contributed by atoms with E-state index in [1.54, 1.807) is 12.0 Å². The van der Waals surface area contributed by atoms with E-state index in [0.717, 1.165) is 13.0 Å². The van der Waals surface area contributed by atoms with E-state index in [4.69, 9.17) is 10.5 Å². The number of methoxy groups -OCH3 is 1. The first kappa shape index (κ1) is 18.1. The van der Waals surface area contributed by atoms with Crippen molar-refractivity contribution < 1.29 is 9.53 Å². The fourth-order valence-electron chi connectivity index (χ4n) is 1.18. The van der Waals surface area contributed by atoms with Gasteiger partial charge in [0.1, 0.15) is 0 Å². The van der Waals surface area contributed by atoms with Gasteiger partial charge in [-0.1, -0.05) is 13.8 Å². The summed E-state index contributed by atoms with van der Waals surface area (Å²) in [5.74, 6) is 0.584. The van der Waals surface area contributed by atoms with Gasteiger partial charge in [0.05, 0.1) is 13.0 Å².